The number of hydrogen-bond donors (Lipinski definition) is 2. The standard InChI is InChI=1S/C55H72N4O6/c1-12-38-35(8)42-27-46-39(13-2)41(30-60)47(57-46)28-43-36(9)40(52(58-43)50-51(55(63)64-11)54(62)49-37(10)44(59-53(49)50)29-45(38)56-42)23-24-48(61)65-26-25-34(7)22-16-21-33(6)20-15-19-32(5)18-14-17-31(3)4/h13,25,27-33,36,40,51,58,60H,2,12,14-24,26H2,1,3-11H3/b34-25-,41-30?,42-27?,43-28?,44-29?,52-50?/t32?,33?,36-,40-,51+/m0/s1. The summed E-state index contributed by atoms with van der Waals surface area (Å²) in [6.45, 7) is 23.7. The number of hydrogen-bond acceptors (Lipinski definition) is 10. The summed E-state index contributed by atoms with van der Waals surface area (Å²) in [4.78, 5) is 56.5. The molecular formula is C55H72N4O6. The van der Waals surface area contributed by atoms with Gasteiger partial charge in [0.2, 0.25) is 0 Å². The first-order chi connectivity index (χ1) is 31.1. The summed E-state index contributed by atoms with van der Waals surface area (Å²) in [6, 6.07) is 0. The number of fused-ring (bicyclic) bond motifs is 5. The Morgan fingerprint density at radius 1 is 0.908 bits per heavy atom. The number of Topliss-reactive ketones (excluding diaryl/α,β-unsaturated/α-hetero) is 1. The third kappa shape index (κ3) is 10.8. The van der Waals surface area contributed by atoms with Gasteiger partial charge in [-0.1, -0.05) is 105 Å². The summed E-state index contributed by atoms with van der Waals surface area (Å²) < 4.78 is 11.0. The van der Waals surface area contributed by atoms with E-state index in [0.29, 0.717) is 75.1 Å². The predicted molar refractivity (Wildman–Crippen MR) is 262 cm³/mol. The van der Waals surface area contributed by atoms with Crippen LogP contribution in [0.25, 0.3) is 0 Å². The Kier molecular flexibility index (Phi) is 16.4. The summed E-state index contributed by atoms with van der Waals surface area (Å²) in [5, 5.41) is 14.2. The number of ketones is 1. The number of aliphatic imine (C=N–C) groups is 3. The van der Waals surface area contributed by atoms with E-state index in [1.54, 1.807) is 6.08 Å². The van der Waals surface area contributed by atoms with Crippen LogP contribution in [0.3, 0.4) is 0 Å². The molecule has 6 aliphatic rings. The maximum Gasteiger partial charge on any atom is 0.321 e. The van der Waals surface area contributed by atoms with Crippen LogP contribution in [0.2, 0.25) is 0 Å². The monoisotopic (exact) mass is 885 g/mol. The van der Waals surface area contributed by atoms with Gasteiger partial charge in [0.05, 0.1) is 47.6 Å². The van der Waals surface area contributed by atoms with Crippen molar-refractivity contribution in [3.8, 4) is 0 Å². The number of nitrogens with one attached hydrogen (secondary N) is 1. The van der Waals surface area contributed by atoms with Gasteiger partial charge in [0.1, 0.15) is 12.5 Å². The highest BCUT2D eigenvalue weighted by Crippen LogP contribution is 2.47. The molecule has 0 amide bonds. The highest BCUT2D eigenvalue weighted by atomic mass is 16.5. The zero-order chi connectivity index (χ0) is 47.1. The Morgan fingerprint density at radius 2 is 1.58 bits per heavy atom. The highest BCUT2D eigenvalue weighted by Gasteiger charge is 2.52. The fourth-order valence-corrected chi connectivity index (χ4v) is 10.2. The van der Waals surface area contributed by atoms with E-state index in [-0.39, 0.29) is 36.6 Å². The van der Waals surface area contributed by atoms with Crippen LogP contribution in [0.4, 0.5) is 0 Å². The smallest absolute Gasteiger partial charge is 0.321 e. The van der Waals surface area contributed by atoms with Crippen LogP contribution in [-0.4, -0.2) is 53.7 Å². The van der Waals surface area contributed by atoms with E-state index in [9.17, 15) is 19.5 Å². The van der Waals surface area contributed by atoms with Crippen LogP contribution in [0.1, 0.15) is 139 Å². The van der Waals surface area contributed by atoms with Crippen LogP contribution in [0, 0.1) is 35.5 Å². The molecule has 2 N–H and O–H groups in total. The molecule has 8 bridgehead atoms. The summed E-state index contributed by atoms with van der Waals surface area (Å²) >= 11 is 0. The highest BCUT2D eigenvalue weighted by molar-refractivity contribution is 6.42. The van der Waals surface area contributed by atoms with E-state index < -0.39 is 11.9 Å². The van der Waals surface area contributed by atoms with Crippen molar-refractivity contribution >= 4 is 34.9 Å². The molecular weight excluding hydrogens is 813 g/mol. The molecule has 348 valence electrons. The zero-order valence-corrected chi connectivity index (χ0v) is 40.7. The van der Waals surface area contributed by atoms with E-state index >= 15 is 0 Å². The van der Waals surface area contributed by atoms with Crippen molar-refractivity contribution in [2.45, 2.75) is 139 Å². The first kappa shape index (κ1) is 49.1. The molecule has 0 aromatic heterocycles. The van der Waals surface area contributed by atoms with Crippen molar-refractivity contribution < 1.29 is 29.0 Å². The quantitative estimate of drug-likeness (QED) is 0.0537. The maximum atomic E-state index is 14.4. The number of esters is 2. The van der Waals surface area contributed by atoms with Crippen molar-refractivity contribution in [2.75, 3.05) is 13.7 Å². The normalized spacial score (nSPS) is 23.2. The lowest BCUT2D eigenvalue weighted by atomic mass is 9.85. The summed E-state index contributed by atoms with van der Waals surface area (Å²) in [5.41, 5.74) is 10.9. The van der Waals surface area contributed by atoms with Gasteiger partial charge in [-0.25, -0.2) is 15.0 Å². The molecule has 0 aromatic rings. The molecule has 5 aliphatic heterocycles. The number of carbonyl (C=O) groups is 3. The molecule has 1 saturated heterocycles. The van der Waals surface area contributed by atoms with Crippen LogP contribution in [0.5, 0.6) is 0 Å². The molecule has 0 aromatic carbocycles. The summed E-state index contributed by atoms with van der Waals surface area (Å²) in [6.07, 6.45) is 22.8. The predicted octanol–water partition coefficient (Wildman–Crippen LogP) is 12.1. The van der Waals surface area contributed by atoms with Crippen LogP contribution in [0.15, 0.2) is 131 Å². The van der Waals surface area contributed by atoms with E-state index in [2.05, 4.69) is 53.4 Å². The SMILES string of the molecule is C=CC1=C2C=C3N=C(C=C4N=C5C(=C4C)C(=O)[C@H](C(=O)OC)C5=C4NC(=CC(=N2)C1=CO)[C@@H](C)[C@@H]4CCC(=O)OC/C=C(/C)CCCC(C)CCCC(C)CCCC(C)C)C(CC)=C3C. The summed E-state index contributed by atoms with van der Waals surface area (Å²) in [5.74, 6) is -0.860. The van der Waals surface area contributed by atoms with Gasteiger partial charge in [-0.2, -0.15) is 0 Å². The van der Waals surface area contributed by atoms with Gasteiger partial charge in [-0.15, -0.1) is 0 Å². The second-order valence-corrected chi connectivity index (χ2v) is 19.4. The van der Waals surface area contributed by atoms with Crippen LogP contribution >= 0.6 is 0 Å². The maximum absolute atomic E-state index is 14.4. The number of aliphatic hydroxyl groups excluding tert-OH is 1. The molecule has 10 heteroatoms. The molecule has 6 rings (SSSR count). The molecule has 1 saturated carbocycles. The largest absolute Gasteiger partial charge is 0.515 e. The molecule has 2 fully saturated rings. The fourth-order valence-electron chi connectivity index (χ4n) is 10.2. The Labute approximate surface area is 387 Å². The van der Waals surface area contributed by atoms with Crippen LogP contribution < -0.4 is 5.32 Å². The molecule has 5 heterocycles. The number of ether oxygens (including phenoxy) is 2. The van der Waals surface area contributed by atoms with Gasteiger partial charge in [0.15, 0.2) is 5.78 Å². The first-order valence-corrected chi connectivity index (χ1v) is 24.1. The Morgan fingerprint density at radius 3 is 2.23 bits per heavy atom. The van der Waals surface area contributed by atoms with Gasteiger partial charge in [0.25, 0.3) is 0 Å². The molecule has 10 nitrogen and oxygen atoms in total. The lowest BCUT2D eigenvalue weighted by molar-refractivity contribution is -0.146. The topological polar surface area (TPSA) is 139 Å². The van der Waals surface area contributed by atoms with Crippen molar-refractivity contribution in [3.63, 3.8) is 0 Å². The number of methoxy groups -OCH3 is 1. The third-order valence-corrected chi connectivity index (χ3v) is 14.2. The third-order valence-electron chi connectivity index (χ3n) is 14.2. The second-order valence-electron chi connectivity index (χ2n) is 19.4. The number of nitrogens with zero attached hydrogens (tertiary/aromatic N) is 3. The minimum absolute atomic E-state index is 0.117. The molecule has 1 aliphatic carbocycles. The molecule has 2 unspecified atom stereocenters. The van der Waals surface area contributed by atoms with E-state index in [1.807, 2.05) is 45.1 Å². The van der Waals surface area contributed by atoms with Gasteiger partial charge >= 0.3 is 11.9 Å². The van der Waals surface area contributed by atoms with Gasteiger partial charge in [0, 0.05) is 51.9 Å². The first-order valence-electron chi connectivity index (χ1n) is 24.1. The van der Waals surface area contributed by atoms with E-state index in [0.717, 1.165) is 59.2 Å². The van der Waals surface area contributed by atoms with Gasteiger partial charge in [-0.05, 0) is 105 Å². The zero-order valence-electron chi connectivity index (χ0n) is 40.7. The number of carbonyl (C=O) groups excluding carboxylic acids is 3. The fraction of sp³-hybridized carbons (Fsp3) is 0.527. The van der Waals surface area contributed by atoms with Gasteiger partial charge in [-0.3, -0.25) is 14.4 Å². The number of allylic oxidation sites excluding steroid dienone is 13. The average molecular weight is 885 g/mol. The minimum atomic E-state index is -1.24. The Balaban J connectivity index is 1.21. The minimum Gasteiger partial charge on any atom is -0.515 e. The molecule has 0 spiro atoms. The van der Waals surface area contributed by atoms with Gasteiger partial charge < -0.3 is 19.9 Å². The van der Waals surface area contributed by atoms with Crippen molar-refractivity contribution in [3.05, 3.63) is 116 Å². The van der Waals surface area contributed by atoms with Crippen LogP contribution in [-0.2, 0) is 23.9 Å². The van der Waals surface area contributed by atoms with E-state index in [1.165, 1.54) is 57.6 Å². The average Bonchev–Trinajstić information content (AvgIpc) is 4.02. The molecule has 0 radical (unpaired) electrons. The van der Waals surface area contributed by atoms with E-state index in [4.69, 9.17) is 24.5 Å². The Hall–Kier alpha value is -5.38. The van der Waals surface area contributed by atoms with Crippen molar-refractivity contribution in [2.24, 2.45) is 50.5 Å². The second kappa shape index (κ2) is 21.7. The number of aliphatic hydroxyl groups is 1. The van der Waals surface area contributed by atoms with Crippen molar-refractivity contribution in [1.82, 2.24) is 5.32 Å². The van der Waals surface area contributed by atoms with Crippen molar-refractivity contribution in [1.29, 1.82) is 0 Å². The lowest BCUT2D eigenvalue weighted by Crippen LogP contribution is -2.26. The molecule has 65 heavy (non-hydrogen) atoms. The lowest BCUT2D eigenvalue weighted by Gasteiger charge is -2.19. The number of rotatable bonds is 20. The molecule has 5 atom stereocenters. The summed E-state index contributed by atoms with van der Waals surface area (Å²) in [7, 11) is 1.28. The Bertz CT molecular complexity index is 2350.